The summed E-state index contributed by atoms with van der Waals surface area (Å²) >= 11 is 5.81. The van der Waals surface area contributed by atoms with Crippen LogP contribution in [0.2, 0.25) is 5.02 Å². The average Bonchev–Trinajstić information content (AvgIpc) is 2.73. The van der Waals surface area contributed by atoms with E-state index in [9.17, 15) is 9.59 Å². The van der Waals surface area contributed by atoms with Crippen LogP contribution in [-0.4, -0.2) is 30.9 Å². The van der Waals surface area contributed by atoms with Gasteiger partial charge in [-0.2, -0.15) is 0 Å². The van der Waals surface area contributed by atoms with Crippen molar-refractivity contribution in [3.8, 4) is 0 Å². The molecule has 6 heteroatoms. The van der Waals surface area contributed by atoms with E-state index in [2.05, 4.69) is 16.0 Å². The van der Waals surface area contributed by atoms with Crippen molar-refractivity contribution in [1.29, 1.82) is 0 Å². The molecule has 1 heterocycles. The van der Waals surface area contributed by atoms with Crippen molar-refractivity contribution in [2.45, 2.75) is 12.5 Å². The van der Waals surface area contributed by atoms with Crippen LogP contribution in [0.3, 0.4) is 0 Å². The van der Waals surface area contributed by atoms with E-state index < -0.39 is 0 Å². The van der Waals surface area contributed by atoms with Crippen molar-refractivity contribution in [1.82, 2.24) is 10.6 Å². The summed E-state index contributed by atoms with van der Waals surface area (Å²) in [5.41, 5.74) is 0.662. The maximum absolute atomic E-state index is 11.6. The van der Waals surface area contributed by atoms with Crippen LogP contribution in [0.5, 0.6) is 0 Å². The number of amides is 2. The van der Waals surface area contributed by atoms with Gasteiger partial charge in [0.05, 0.1) is 6.54 Å². The van der Waals surface area contributed by atoms with Crippen molar-refractivity contribution < 1.29 is 9.59 Å². The van der Waals surface area contributed by atoms with E-state index >= 15 is 0 Å². The van der Waals surface area contributed by atoms with E-state index in [-0.39, 0.29) is 24.4 Å². The highest BCUT2D eigenvalue weighted by Gasteiger charge is 2.21. The molecule has 96 valence electrons. The summed E-state index contributed by atoms with van der Waals surface area (Å²) in [6.45, 7) is 0.745. The Morgan fingerprint density at radius 3 is 3.00 bits per heavy atom. The summed E-state index contributed by atoms with van der Waals surface area (Å²) in [6, 6.07) is 6.99. The Balaban J connectivity index is 1.77. The third kappa shape index (κ3) is 3.72. The lowest BCUT2D eigenvalue weighted by molar-refractivity contribution is -0.119. The third-order valence-electron chi connectivity index (χ3n) is 2.64. The van der Waals surface area contributed by atoms with E-state index in [0.29, 0.717) is 23.7 Å². The quantitative estimate of drug-likeness (QED) is 0.754. The van der Waals surface area contributed by atoms with Crippen LogP contribution in [-0.2, 0) is 9.59 Å². The minimum absolute atomic E-state index is 0.0164. The summed E-state index contributed by atoms with van der Waals surface area (Å²) in [4.78, 5) is 22.6. The second-order valence-corrected chi connectivity index (χ2v) is 4.58. The molecule has 3 N–H and O–H groups in total. The number of carbonyl (C=O) groups excluding carboxylic acids is 2. The first-order chi connectivity index (χ1) is 8.63. The standard InChI is InChI=1S/C12H14ClN3O2/c13-8-2-1-3-9(4-8)16-12(18)7-14-10-5-11(17)15-6-10/h1-4,10,14H,5-7H2,(H,15,17)(H,16,18). The zero-order valence-electron chi connectivity index (χ0n) is 9.70. The number of hydrogen-bond donors (Lipinski definition) is 3. The number of carbonyl (C=O) groups is 2. The summed E-state index contributed by atoms with van der Waals surface area (Å²) in [7, 11) is 0. The molecule has 0 spiro atoms. The molecule has 0 bridgehead atoms. The van der Waals surface area contributed by atoms with E-state index in [1.165, 1.54) is 0 Å². The number of nitrogens with one attached hydrogen (secondary N) is 3. The van der Waals surface area contributed by atoms with Gasteiger partial charge in [0.2, 0.25) is 11.8 Å². The van der Waals surface area contributed by atoms with Crippen molar-refractivity contribution in [2.24, 2.45) is 0 Å². The first-order valence-corrected chi connectivity index (χ1v) is 6.07. The van der Waals surface area contributed by atoms with Crippen molar-refractivity contribution in [3.05, 3.63) is 29.3 Å². The fourth-order valence-electron chi connectivity index (χ4n) is 1.76. The van der Waals surface area contributed by atoms with Crippen LogP contribution in [0, 0.1) is 0 Å². The predicted molar refractivity (Wildman–Crippen MR) is 69.5 cm³/mol. The van der Waals surface area contributed by atoms with Gasteiger partial charge in [-0.05, 0) is 18.2 Å². The average molecular weight is 268 g/mol. The zero-order valence-corrected chi connectivity index (χ0v) is 10.5. The Bertz CT molecular complexity index is 464. The molecule has 1 atom stereocenters. The fourth-order valence-corrected chi connectivity index (χ4v) is 1.95. The molecule has 1 aromatic rings. The van der Waals surface area contributed by atoms with Gasteiger partial charge in [0, 0.05) is 29.7 Å². The SMILES string of the molecule is O=C1CC(NCC(=O)Nc2cccc(Cl)c2)CN1. The van der Waals surface area contributed by atoms with E-state index in [1.807, 2.05) is 0 Å². The third-order valence-corrected chi connectivity index (χ3v) is 2.87. The van der Waals surface area contributed by atoms with Crippen LogP contribution in [0.4, 0.5) is 5.69 Å². The van der Waals surface area contributed by atoms with E-state index in [4.69, 9.17) is 11.6 Å². The molecule has 1 fully saturated rings. The minimum atomic E-state index is -0.156. The molecule has 5 nitrogen and oxygen atoms in total. The summed E-state index contributed by atoms with van der Waals surface area (Å²) in [5.74, 6) is -0.139. The van der Waals surface area contributed by atoms with Gasteiger partial charge in [0.25, 0.3) is 0 Å². The summed E-state index contributed by atoms with van der Waals surface area (Å²) in [5, 5.41) is 9.02. The number of halogens is 1. The van der Waals surface area contributed by atoms with E-state index in [1.54, 1.807) is 24.3 Å². The minimum Gasteiger partial charge on any atom is -0.354 e. The summed E-state index contributed by atoms with van der Waals surface area (Å²) in [6.07, 6.45) is 0.421. The maximum atomic E-state index is 11.6. The number of rotatable bonds is 4. The molecule has 1 unspecified atom stereocenters. The molecule has 0 saturated carbocycles. The van der Waals surface area contributed by atoms with Gasteiger partial charge in [0.15, 0.2) is 0 Å². The summed E-state index contributed by atoms with van der Waals surface area (Å²) < 4.78 is 0. The van der Waals surface area contributed by atoms with Crippen molar-refractivity contribution in [3.63, 3.8) is 0 Å². The van der Waals surface area contributed by atoms with Gasteiger partial charge in [-0.1, -0.05) is 17.7 Å². The monoisotopic (exact) mass is 267 g/mol. The highest BCUT2D eigenvalue weighted by molar-refractivity contribution is 6.30. The van der Waals surface area contributed by atoms with Gasteiger partial charge in [-0.25, -0.2) is 0 Å². The van der Waals surface area contributed by atoms with Gasteiger partial charge < -0.3 is 16.0 Å². The Labute approximate surface area is 110 Å². The largest absolute Gasteiger partial charge is 0.354 e. The van der Waals surface area contributed by atoms with Crippen LogP contribution in [0.15, 0.2) is 24.3 Å². The Morgan fingerprint density at radius 1 is 1.50 bits per heavy atom. The smallest absolute Gasteiger partial charge is 0.238 e. The molecule has 0 aliphatic carbocycles. The van der Waals surface area contributed by atoms with Gasteiger partial charge in [-0.15, -0.1) is 0 Å². The molecule has 1 aromatic carbocycles. The molecule has 1 aliphatic heterocycles. The van der Waals surface area contributed by atoms with Crippen LogP contribution < -0.4 is 16.0 Å². The molecular formula is C12H14ClN3O2. The molecule has 2 amide bonds. The van der Waals surface area contributed by atoms with Gasteiger partial charge >= 0.3 is 0 Å². The van der Waals surface area contributed by atoms with Crippen LogP contribution in [0.1, 0.15) is 6.42 Å². The molecule has 18 heavy (non-hydrogen) atoms. The first-order valence-electron chi connectivity index (χ1n) is 5.69. The lowest BCUT2D eigenvalue weighted by atomic mass is 10.2. The fraction of sp³-hybridized carbons (Fsp3) is 0.333. The van der Waals surface area contributed by atoms with Crippen molar-refractivity contribution >= 4 is 29.1 Å². The van der Waals surface area contributed by atoms with E-state index in [0.717, 1.165) is 0 Å². The number of hydrogen-bond acceptors (Lipinski definition) is 3. The lowest BCUT2D eigenvalue weighted by Gasteiger charge is -2.10. The number of anilines is 1. The zero-order chi connectivity index (χ0) is 13.0. The Kier molecular flexibility index (Phi) is 4.17. The van der Waals surface area contributed by atoms with Gasteiger partial charge in [-0.3, -0.25) is 9.59 Å². The first kappa shape index (κ1) is 12.9. The normalized spacial score (nSPS) is 18.5. The van der Waals surface area contributed by atoms with Crippen LogP contribution >= 0.6 is 11.6 Å². The molecule has 1 saturated heterocycles. The molecular weight excluding hydrogens is 254 g/mol. The lowest BCUT2D eigenvalue weighted by Crippen LogP contribution is -2.37. The highest BCUT2D eigenvalue weighted by atomic mass is 35.5. The van der Waals surface area contributed by atoms with Crippen molar-refractivity contribution in [2.75, 3.05) is 18.4 Å². The molecule has 0 aromatic heterocycles. The second kappa shape index (κ2) is 5.84. The highest BCUT2D eigenvalue weighted by Crippen LogP contribution is 2.14. The molecule has 2 rings (SSSR count). The topological polar surface area (TPSA) is 70.2 Å². The molecule has 1 aliphatic rings. The van der Waals surface area contributed by atoms with Crippen LogP contribution in [0.25, 0.3) is 0 Å². The number of benzene rings is 1. The second-order valence-electron chi connectivity index (χ2n) is 4.14. The Hall–Kier alpha value is -1.59. The predicted octanol–water partition coefficient (Wildman–Crippen LogP) is 0.757. The van der Waals surface area contributed by atoms with Gasteiger partial charge in [0.1, 0.15) is 0 Å². The Morgan fingerprint density at radius 2 is 2.33 bits per heavy atom. The maximum Gasteiger partial charge on any atom is 0.238 e. The molecule has 0 radical (unpaired) electrons.